The molecule has 1 aliphatic heterocycles. The molecule has 0 spiro atoms. The van der Waals surface area contributed by atoms with E-state index in [-0.39, 0.29) is 23.4 Å². The Morgan fingerprint density at radius 1 is 0.750 bits per heavy atom. The van der Waals surface area contributed by atoms with E-state index in [1.165, 1.54) is 27.8 Å². The number of aromatic nitrogens is 2. The number of hydrogen-bond acceptors (Lipinski definition) is 3. The quantitative estimate of drug-likeness (QED) is 0.187. The molecule has 48 heavy (non-hydrogen) atoms. The molecule has 9 rings (SSSR count). The molecule has 0 radical (unpaired) electrons. The summed E-state index contributed by atoms with van der Waals surface area (Å²) >= 11 is 0. The van der Waals surface area contributed by atoms with E-state index < -0.39 is 0 Å². The van der Waals surface area contributed by atoms with Crippen LogP contribution in [0.3, 0.4) is 0 Å². The summed E-state index contributed by atoms with van der Waals surface area (Å²) in [5, 5.41) is 2.24. The predicted octanol–water partition coefficient (Wildman–Crippen LogP) is 10.5. The Bertz CT molecular complexity index is 2250. The normalized spacial score (nSPS) is 27.2. The van der Waals surface area contributed by atoms with E-state index in [1.807, 2.05) is 12.3 Å². The zero-order valence-corrected chi connectivity index (χ0v) is 27.3. The van der Waals surface area contributed by atoms with Crippen LogP contribution in [0.15, 0.2) is 157 Å². The Morgan fingerprint density at radius 3 is 2.44 bits per heavy atom. The topological polar surface area (TPSA) is 35.0 Å². The van der Waals surface area contributed by atoms with E-state index in [1.54, 1.807) is 0 Å². The number of pyridine rings is 2. The van der Waals surface area contributed by atoms with E-state index in [9.17, 15) is 0 Å². The molecule has 6 atom stereocenters. The fourth-order valence-corrected chi connectivity index (χ4v) is 8.45. The first-order valence-electron chi connectivity index (χ1n) is 17.2. The first-order chi connectivity index (χ1) is 23.6. The van der Waals surface area contributed by atoms with Crippen LogP contribution in [0.4, 0.5) is 0 Å². The minimum Gasteiger partial charge on any atom is -0.485 e. The smallest absolute Gasteiger partial charge is 0.125 e. The third kappa shape index (κ3) is 4.56. The molecule has 0 fully saturated rings. The minimum atomic E-state index is -0.371. The van der Waals surface area contributed by atoms with Crippen molar-refractivity contribution in [3.05, 3.63) is 180 Å². The van der Waals surface area contributed by atoms with Crippen LogP contribution in [-0.4, -0.2) is 16.1 Å². The summed E-state index contributed by atoms with van der Waals surface area (Å²) in [6, 6.07) is 30.8. The summed E-state index contributed by atoms with van der Waals surface area (Å²) in [6.45, 7) is 4.61. The van der Waals surface area contributed by atoms with Crippen molar-refractivity contribution in [2.75, 3.05) is 0 Å². The van der Waals surface area contributed by atoms with Gasteiger partial charge in [0.2, 0.25) is 0 Å². The van der Waals surface area contributed by atoms with Gasteiger partial charge < -0.3 is 4.74 Å². The van der Waals surface area contributed by atoms with Crippen LogP contribution in [0.2, 0.25) is 0 Å². The molecule has 3 heterocycles. The lowest BCUT2D eigenvalue weighted by Crippen LogP contribution is -2.49. The fraction of sp³-hybridized carbons (Fsp3) is 0.200. The van der Waals surface area contributed by atoms with Crippen molar-refractivity contribution in [3.8, 4) is 5.75 Å². The summed E-state index contributed by atoms with van der Waals surface area (Å²) in [5.74, 6) is 2.08. The van der Waals surface area contributed by atoms with Crippen molar-refractivity contribution in [1.29, 1.82) is 0 Å². The van der Waals surface area contributed by atoms with Gasteiger partial charge in [-0.25, -0.2) is 4.98 Å². The van der Waals surface area contributed by atoms with Crippen LogP contribution in [0, 0.1) is 17.8 Å². The SMILES string of the molecule is CC1C=C(C2(c3ccc(C4=CC(c5ccc6ccc7cccnc7c6n5)C(C)C=C4)cc3)c3ccccc3OC3C=CC=CC32)C=CC1. The molecule has 3 nitrogen and oxygen atoms in total. The van der Waals surface area contributed by atoms with E-state index >= 15 is 0 Å². The summed E-state index contributed by atoms with van der Waals surface area (Å²) in [5.41, 5.74) is 8.97. The summed E-state index contributed by atoms with van der Waals surface area (Å²) in [6.07, 6.45) is 26.0. The number of benzene rings is 3. The second-order valence-corrected chi connectivity index (χ2v) is 13.8. The maximum absolute atomic E-state index is 6.65. The van der Waals surface area contributed by atoms with E-state index in [4.69, 9.17) is 14.7 Å². The lowest BCUT2D eigenvalue weighted by atomic mass is 9.57. The molecule has 0 saturated heterocycles. The number of rotatable bonds is 4. The Labute approximate surface area is 282 Å². The zero-order chi connectivity index (χ0) is 32.2. The molecule has 234 valence electrons. The number of ether oxygens (including phenoxy) is 1. The van der Waals surface area contributed by atoms with Crippen LogP contribution in [0.5, 0.6) is 5.75 Å². The number of para-hydroxylation sites is 1. The monoisotopic (exact) mass is 622 g/mol. The predicted molar refractivity (Wildman–Crippen MR) is 197 cm³/mol. The average molecular weight is 623 g/mol. The van der Waals surface area contributed by atoms with Crippen molar-refractivity contribution in [2.24, 2.45) is 17.8 Å². The highest BCUT2D eigenvalue weighted by molar-refractivity contribution is 6.02. The number of nitrogens with zero attached hydrogens (tertiary/aromatic N) is 2. The average Bonchev–Trinajstić information content (AvgIpc) is 3.14. The Kier molecular flexibility index (Phi) is 6.90. The Morgan fingerprint density at radius 2 is 1.56 bits per heavy atom. The highest BCUT2D eigenvalue weighted by Crippen LogP contribution is 2.56. The second kappa shape index (κ2) is 11.5. The number of hydrogen-bond donors (Lipinski definition) is 0. The van der Waals surface area contributed by atoms with E-state index in [0.29, 0.717) is 11.8 Å². The van der Waals surface area contributed by atoms with Crippen molar-refractivity contribution < 1.29 is 4.74 Å². The first-order valence-corrected chi connectivity index (χ1v) is 17.2. The van der Waals surface area contributed by atoms with Crippen molar-refractivity contribution >= 4 is 27.4 Å². The number of fused-ring (bicyclic) bond motifs is 5. The zero-order valence-electron chi connectivity index (χ0n) is 27.3. The largest absolute Gasteiger partial charge is 0.485 e. The van der Waals surface area contributed by atoms with Gasteiger partial charge in [0.15, 0.2) is 0 Å². The van der Waals surface area contributed by atoms with Crippen LogP contribution < -0.4 is 4.74 Å². The first kappa shape index (κ1) is 28.9. The maximum atomic E-state index is 6.65. The van der Waals surface area contributed by atoms with Gasteiger partial charge in [0.05, 0.1) is 16.4 Å². The van der Waals surface area contributed by atoms with Gasteiger partial charge in [-0.05, 0) is 64.8 Å². The fourth-order valence-electron chi connectivity index (χ4n) is 8.45. The van der Waals surface area contributed by atoms with Crippen LogP contribution in [-0.2, 0) is 5.41 Å². The molecule has 0 saturated carbocycles. The lowest BCUT2D eigenvalue weighted by Gasteiger charge is -2.50. The van der Waals surface area contributed by atoms with Gasteiger partial charge in [-0.15, -0.1) is 0 Å². The van der Waals surface area contributed by atoms with Crippen molar-refractivity contribution in [3.63, 3.8) is 0 Å². The molecular weight excluding hydrogens is 585 g/mol. The molecule has 6 unspecified atom stereocenters. The summed E-state index contributed by atoms with van der Waals surface area (Å²) in [7, 11) is 0. The van der Waals surface area contributed by atoms with E-state index in [0.717, 1.165) is 39.7 Å². The lowest BCUT2D eigenvalue weighted by molar-refractivity contribution is 0.139. The third-order valence-electron chi connectivity index (χ3n) is 10.9. The minimum absolute atomic E-state index is 0.0379. The third-order valence-corrected chi connectivity index (χ3v) is 10.9. The molecule has 5 aromatic rings. The van der Waals surface area contributed by atoms with Crippen molar-refractivity contribution in [2.45, 2.75) is 37.7 Å². The second-order valence-electron chi connectivity index (χ2n) is 13.8. The molecule has 3 heteroatoms. The highest BCUT2D eigenvalue weighted by Gasteiger charge is 2.52. The maximum Gasteiger partial charge on any atom is 0.125 e. The molecule has 0 amide bonds. The molecule has 3 aliphatic carbocycles. The summed E-state index contributed by atoms with van der Waals surface area (Å²) in [4.78, 5) is 9.92. The van der Waals surface area contributed by atoms with Crippen LogP contribution in [0.1, 0.15) is 48.6 Å². The molecule has 2 aromatic heterocycles. The molecule has 0 N–H and O–H groups in total. The Hall–Kier alpha value is -5.28. The Balaban J connectivity index is 1.14. The molecule has 3 aromatic carbocycles. The summed E-state index contributed by atoms with van der Waals surface area (Å²) < 4.78 is 6.65. The van der Waals surface area contributed by atoms with Gasteiger partial charge >= 0.3 is 0 Å². The van der Waals surface area contributed by atoms with Gasteiger partial charge in [0.1, 0.15) is 11.9 Å². The van der Waals surface area contributed by atoms with Gasteiger partial charge in [-0.2, -0.15) is 0 Å². The van der Waals surface area contributed by atoms with E-state index in [2.05, 4.69) is 153 Å². The molecule has 0 bridgehead atoms. The van der Waals surface area contributed by atoms with Crippen molar-refractivity contribution in [1.82, 2.24) is 9.97 Å². The molecular formula is C45H38N2O. The highest BCUT2D eigenvalue weighted by atomic mass is 16.5. The van der Waals surface area contributed by atoms with Gasteiger partial charge in [0.25, 0.3) is 0 Å². The van der Waals surface area contributed by atoms with Gasteiger partial charge in [-0.1, -0.05) is 135 Å². The van der Waals surface area contributed by atoms with Gasteiger partial charge in [0, 0.05) is 40.1 Å². The number of allylic oxidation sites excluding steroid dienone is 10. The van der Waals surface area contributed by atoms with Crippen LogP contribution in [0.25, 0.3) is 27.4 Å². The molecule has 4 aliphatic rings. The standard InChI is InChI=1S/C45H38N2O/c1-29-9-7-11-36(27-29)45(38-12-3-5-14-41(38)48-42-15-6-4-13-39(42)45)35-23-20-31(21-24-35)34-17-16-30(2)37(28-34)40-25-22-33-19-18-32-10-8-26-46-43(32)44(33)47-40/h3-8,10-30,37-38,41H,9H2,1-2H3. The van der Waals surface area contributed by atoms with Gasteiger partial charge in [-0.3, -0.25) is 4.98 Å². The van der Waals surface area contributed by atoms with Crippen LogP contribution >= 0.6 is 0 Å².